The molecule has 0 unspecified atom stereocenters. The van der Waals surface area contributed by atoms with Gasteiger partial charge in [-0.15, -0.1) is 0 Å². The van der Waals surface area contributed by atoms with Crippen LogP contribution in [0.15, 0.2) is 23.3 Å². The van der Waals surface area contributed by atoms with Gasteiger partial charge >= 0.3 is 6.03 Å². The van der Waals surface area contributed by atoms with Gasteiger partial charge in [0.05, 0.1) is 25.9 Å². The van der Waals surface area contributed by atoms with Gasteiger partial charge in [0.1, 0.15) is 0 Å². The lowest BCUT2D eigenvalue weighted by atomic mass is 9.80. The highest BCUT2D eigenvalue weighted by Gasteiger charge is 2.32. The maximum Gasteiger partial charge on any atom is 0.316 e. The van der Waals surface area contributed by atoms with Gasteiger partial charge in [-0.2, -0.15) is 0 Å². The van der Waals surface area contributed by atoms with Crippen molar-refractivity contribution in [3.05, 3.63) is 34.2 Å². The fourth-order valence-electron chi connectivity index (χ4n) is 4.99. The summed E-state index contributed by atoms with van der Waals surface area (Å²) < 4.78 is 16.6. The quantitative estimate of drug-likeness (QED) is 0.0708. The predicted octanol–water partition coefficient (Wildman–Crippen LogP) is 5.43. The van der Waals surface area contributed by atoms with Crippen molar-refractivity contribution in [1.29, 1.82) is 0 Å². The van der Waals surface area contributed by atoms with E-state index in [9.17, 15) is 20.2 Å². The first-order chi connectivity index (χ1) is 21.1. The van der Waals surface area contributed by atoms with Crippen molar-refractivity contribution in [3.8, 4) is 11.5 Å². The summed E-state index contributed by atoms with van der Waals surface area (Å²) in [6.45, 7) is 13.9. The van der Waals surface area contributed by atoms with Crippen LogP contribution in [-0.2, 0) is 16.0 Å². The van der Waals surface area contributed by atoms with Crippen molar-refractivity contribution in [3.63, 3.8) is 0 Å². The molecule has 0 aliphatic carbocycles. The summed E-state index contributed by atoms with van der Waals surface area (Å²) >= 11 is 0. The number of carbonyl (C=O) groups excluding carboxylic acids is 2. The van der Waals surface area contributed by atoms with E-state index < -0.39 is 18.1 Å². The van der Waals surface area contributed by atoms with Crippen LogP contribution in [0.3, 0.4) is 0 Å². The van der Waals surface area contributed by atoms with E-state index in [2.05, 4.69) is 34.5 Å². The van der Waals surface area contributed by atoms with E-state index in [4.69, 9.17) is 14.2 Å². The van der Waals surface area contributed by atoms with Crippen LogP contribution in [0.2, 0.25) is 0 Å². The molecular weight excluding hydrogens is 576 g/mol. The Bertz CT molecular complexity index is 1090. The number of nitrogens with zero attached hydrogens (tertiary/aromatic N) is 4. The molecule has 0 aromatic heterocycles. The van der Waals surface area contributed by atoms with Crippen molar-refractivity contribution in [2.45, 2.75) is 79.4 Å². The van der Waals surface area contributed by atoms with Crippen LogP contribution in [0.25, 0.3) is 10.4 Å². The zero-order chi connectivity index (χ0) is 34.2. The Hall–Kier alpha value is -3.21. The number of hydrogen-bond acceptors (Lipinski definition) is 7. The van der Waals surface area contributed by atoms with Gasteiger partial charge in [-0.3, -0.25) is 4.79 Å². The van der Waals surface area contributed by atoms with Gasteiger partial charge in [-0.05, 0) is 65.7 Å². The lowest BCUT2D eigenvalue weighted by Crippen LogP contribution is -2.46. The molecule has 0 fully saturated rings. The zero-order valence-corrected chi connectivity index (χ0v) is 29.1. The second-order valence-electron chi connectivity index (χ2n) is 13.5. The largest absolute Gasteiger partial charge is 0.493 e. The molecule has 0 aliphatic heterocycles. The number of methoxy groups -OCH3 is 2. The number of carbonyl (C=O) groups is 2. The Balaban J connectivity index is 2.98. The molecule has 0 spiro atoms. The summed E-state index contributed by atoms with van der Waals surface area (Å²) in [5.41, 5.74) is 10.1. The molecule has 0 bridgehead atoms. The number of rotatable bonds is 21. The average Bonchev–Trinajstić information content (AvgIpc) is 2.98. The van der Waals surface area contributed by atoms with E-state index in [-0.39, 0.29) is 41.5 Å². The van der Waals surface area contributed by atoms with Gasteiger partial charge in [-0.25, -0.2) is 4.79 Å². The van der Waals surface area contributed by atoms with Gasteiger partial charge in [0, 0.05) is 58.2 Å². The van der Waals surface area contributed by atoms with Gasteiger partial charge in [0.15, 0.2) is 11.5 Å². The van der Waals surface area contributed by atoms with Crippen molar-refractivity contribution in [1.82, 2.24) is 15.5 Å². The number of ether oxygens (including phenoxy) is 3. The second-order valence-corrected chi connectivity index (χ2v) is 13.5. The highest BCUT2D eigenvalue weighted by molar-refractivity contribution is 5.79. The summed E-state index contributed by atoms with van der Waals surface area (Å²) in [7, 11) is 6.61. The third-order valence-electron chi connectivity index (χ3n) is 8.11. The van der Waals surface area contributed by atoms with Gasteiger partial charge in [-0.1, -0.05) is 52.7 Å². The molecule has 1 aromatic carbocycles. The SMILES string of the molecule is COCCCOc1cc(C[C@@H](C[C@H](N=[N+]=[N-])[C@@H](O)C[C@H](C(=O)NCC(C)(C)CNC(=O)N(C)C)C(C)C)C(C)C)ccc1OC. The fraction of sp³-hybridized carbons (Fsp3) is 0.758. The topological polar surface area (TPSA) is 158 Å². The number of azide groups is 1. The number of hydrogen-bond donors (Lipinski definition) is 3. The molecule has 0 radical (unpaired) electrons. The molecule has 256 valence electrons. The lowest BCUT2D eigenvalue weighted by Gasteiger charge is -2.31. The maximum atomic E-state index is 13.3. The maximum absolute atomic E-state index is 13.3. The third-order valence-corrected chi connectivity index (χ3v) is 8.11. The number of aliphatic hydroxyl groups excluding tert-OH is 1. The fourth-order valence-corrected chi connectivity index (χ4v) is 4.99. The van der Waals surface area contributed by atoms with E-state index in [1.165, 1.54) is 4.90 Å². The van der Waals surface area contributed by atoms with Crippen LogP contribution in [-0.4, -0.2) is 88.7 Å². The number of urea groups is 1. The van der Waals surface area contributed by atoms with Crippen LogP contribution in [0, 0.1) is 29.1 Å². The molecule has 0 heterocycles. The minimum atomic E-state index is -0.997. The van der Waals surface area contributed by atoms with E-state index >= 15 is 0 Å². The Labute approximate surface area is 270 Å². The van der Waals surface area contributed by atoms with Crippen molar-refractivity contribution >= 4 is 11.9 Å². The Morgan fingerprint density at radius 1 is 1.02 bits per heavy atom. The smallest absolute Gasteiger partial charge is 0.316 e. The van der Waals surface area contributed by atoms with Crippen LogP contribution in [0.5, 0.6) is 11.5 Å². The predicted molar refractivity (Wildman–Crippen MR) is 177 cm³/mol. The Kier molecular flexibility index (Phi) is 17.7. The van der Waals surface area contributed by atoms with E-state index in [0.29, 0.717) is 50.6 Å². The molecule has 3 N–H and O–H groups in total. The van der Waals surface area contributed by atoms with Crippen molar-refractivity contribution < 1.29 is 28.9 Å². The van der Waals surface area contributed by atoms with E-state index in [0.717, 1.165) is 12.0 Å². The normalized spacial score (nSPS) is 14.2. The van der Waals surface area contributed by atoms with Crippen LogP contribution < -0.4 is 20.1 Å². The Morgan fingerprint density at radius 2 is 1.69 bits per heavy atom. The first kappa shape index (κ1) is 39.8. The van der Waals surface area contributed by atoms with Gasteiger partial charge in [0.2, 0.25) is 5.91 Å². The highest BCUT2D eigenvalue weighted by Crippen LogP contribution is 2.32. The molecule has 4 atom stereocenters. The van der Waals surface area contributed by atoms with E-state index in [1.54, 1.807) is 28.3 Å². The third kappa shape index (κ3) is 14.6. The molecule has 45 heavy (non-hydrogen) atoms. The zero-order valence-electron chi connectivity index (χ0n) is 29.1. The minimum absolute atomic E-state index is 0.0505. The molecule has 0 saturated carbocycles. The molecular formula is C33H58N6O6. The molecule has 0 aliphatic rings. The first-order valence-corrected chi connectivity index (χ1v) is 15.9. The minimum Gasteiger partial charge on any atom is -0.493 e. The molecule has 1 rings (SSSR count). The van der Waals surface area contributed by atoms with Gasteiger partial charge < -0.3 is 34.9 Å². The number of amides is 3. The van der Waals surface area contributed by atoms with Crippen molar-refractivity contribution in [2.24, 2.45) is 34.2 Å². The molecule has 3 amide bonds. The molecule has 12 nitrogen and oxygen atoms in total. The molecule has 0 saturated heterocycles. The van der Waals surface area contributed by atoms with Crippen LogP contribution in [0.1, 0.15) is 66.4 Å². The molecule has 1 aromatic rings. The summed E-state index contributed by atoms with van der Waals surface area (Å²) in [5, 5.41) is 21.2. The first-order valence-electron chi connectivity index (χ1n) is 15.9. The highest BCUT2D eigenvalue weighted by atomic mass is 16.5. The summed E-state index contributed by atoms with van der Waals surface area (Å²) in [5.74, 6) is 0.933. The van der Waals surface area contributed by atoms with Crippen LogP contribution in [0.4, 0.5) is 4.79 Å². The van der Waals surface area contributed by atoms with Crippen LogP contribution >= 0.6 is 0 Å². The second kappa shape index (κ2) is 20.0. The van der Waals surface area contributed by atoms with Crippen molar-refractivity contribution in [2.75, 3.05) is 54.6 Å². The lowest BCUT2D eigenvalue weighted by molar-refractivity contribution is -0.128. The number of aliphatic hydroxyl groups is 1. The average molecular weight is 635 g/mol. The summed E-state index contributed by atoms with van der Waals surface area (Å²) in [6, 6.07) is 4.98. The summed E-state index contributed by atoms with van der Waals surface area (Å²) in [4.78, 5) is 29.8. The monoisotopic (exact) mass is 634 g/mol. The van der Waals surface area contributed by atoms with Gasteiger partial charge in [0.25, 0.3) is 0 Å². The number of nitrogens with one attached hydrogen (secondary N) is 2. The Morgan fingerprint density at radius 3 is 2.24 bits per heavy atom. The number of benzene rings is 1. The van der Waals surface area contributed by atoms with E-state index in [1.807, 2.05) is 45.9 Å². The molecule has 12 heteroatoms. The summed E-state index contributed by atoms with van der Waals surface area (Å²) in [6.07, 6.45) is 1.07. The standard InChI is InChI=1S/C33H58N6O6/c1-22(2)25(16-24-12-13-29(44-10)30(17-24)45-15-11-14-43-9)18-27(37-38-34)28(40)19-26(23(3)4)31(41)35-20-33(5,6)21-36-32(42)39(7)8/h12-13,17,22-23,25-28,40H,11,14-16,18-21H2,1-10H3,(H,35,41)(H,36,42)/t25-,26-,27-,28-/m0/s1.